The van der Waals surface area contributed by atoms with Crippen molar-refractivity contribution in [3.63, 3.8) is 0 Å². The second kappa shape index (κ2) is 9.25. The Morgan fingerprint density at radius 1 is 1.17 bits per heavy atom. The smallest absolute Gasteiger partial charge is 0.410 e. The average Bonchev–Trinajstić information content (AvgIpc) is 2.36. The van der Waals surface area contributed by atoms with Crippen molar-refractivity contribution in [2.24, 2.45) is 0 Å². The lowest BCUT2D eigenvalue weighted by Gasteiger charge is -2.26. The molecule has 0 radical (unpaired) electrons. The zero-order chi connectivity index (χ0) is 18.3. The highest BCUT2D eigenvalue weighted by Gasteiger charge is 2.33. The molecule has 0 heterocycles. The van der Waals surface area contributed by atoms with Crippen molar-refractivity contribution in [2.45, 2.75) is 52.9 Å². The van der Waals surface area contributed by atoms with Gasteiger partial charge >= 0.3 is 13.7 Å². The summed E-state index contributed by atoms with van der Waals surface area (Å²) in [7, 11) is -1.98. The Balaban J connectivity index is 4.63. The first kappa shape index (κ1) is 21.9. The number of likely N-dealkylation sites (N-methyl/N-ethyl adjacent to an activating group) is 1. The third-order valence-electron chi connectivity index (χ3n) is 2.55. The fraction of sp³-hybridized carbons (Fsp3) is 0.857. The van der Waals surface area contributed by atoms with Crippen LogP contribution in [0.1, 0.15) is 41.5 Å². The van der Waals surface area contributed by atoms with Gasteiger partial charge in [0.15, 0.2) is 0 Å². The fourth-order valence-electron chi connectivity index (χ4n) is 1.60. The number of hydrogen-bond donors (Lipinski definition) is 1. The summed E-state index contributed by atoms with van der Waals surface area (Å²) in [5, 5.41) is 2.54. The number of amides is 2. The molecule has 1 N–H and O–H groups in total. The molecule has 8 nitrogen and oxygen atoms in total. The highest BCUT2D eigenvalue weighted by molar-refractivity contribution is 7.54. The number of nitrogens with zero attached hydrogens (tertiary/aromatic N) is 1. The molecule has 0 aromatic rings. The molecule has 0 fully saturated rings. The molecule has 0 bridgehead atoms. The zero-order valence-electron chi connectivity index (χ0n) is 15.0. The van der Waals surface area contributed by atoms with Crippen molar-refractivity contribution in [1.82, 2.24) is 10.2 Å². The number of hydrogen-bond acceptors (Lipinski definition) is 6. The zero-order valence-corrected chi connectivity index (χ0v) is 15.9. The molecule has 23 heavy (non-hydrogen) atoms. The molecule has 1 unspecified atom stereocenters. The second-order valence-electron chi connectivity index (χ2n) is 5.96. The van der Waals surface area contributed by atoms with Gasteiger partial charge in [-0.25, -0.2) is 4.79 Å². The Kier molecular flexibility index (Phi) is 8.80. The number of carbonyl (C=O) groups is 2. The lowest BCUT2D eigenvalue weighted by Crippen LogP contribution is -2.43. The van der Waals surface area contributed by atoms with E-state index in [1.54, 1.807) is 34.6 Å². The average molecular weight is 352 g/mol. The molecule has 0 aliphatic carbocycles. The first-order valence-corrected chi connectivity index (χ1v) is 9.18. The van der Waals surface area contributed by atoms with Gasteiger partial charge in [-0.2, -0.15) is 0 Å². The van der Waals surface area contributed by atoms with Crippen LogP contribution in [0.3, 0.4) is 0 Å². The first-order chi connectivity index (χ1) is 10.4. The van der Waals surface area contributed by atoms with Crippen molar-refractivity contribution >= 4 is 19.6 Å². The summed E-state index contributed by atoms with van der Waals surface area (Å²) >= 11 is 0. The summed E-state index contributed by atoms with van der Waals surface area (Å²) in [6.45, 7) is 10.3. The van der Waals surface area contributed by atoms with Crippen LogP contribution in [0.5, 0.6) is 0 Å². The van der Waals surface area contributed by atoms with Crippen molar-refractivity contribution in [2.75, 3.05) is 26.8 Å². The molecule has 136 valence electrons. The van der Waals surface area contributed by atoms with Crippen LogP contribution in [-0.2, 0) is 23.1 Å². The Bertz CT molecular complexity index is 439. The van der Waals surface area contributed by atoms with E-state index in [2.05, 4.69) is 5.32 Å². The molecule has 0 aliphatic rings. The van der Waals surface area contributed by atoms with Gasteiger partial charge in [0.2, 0.25) is 5.91 Å². The van der Waals surface area contributed by atoms with E-state index >= 15 is 0 Å². The number of ether oxygens (including phenoxy) is 1. The third kappa shape index (κ3) is 8.34. The Hall–Kier alpha value is -1.11. The van der Waals surface area contributed by atoms with E-state index in [1.165, 1.54) is 14.0 Å². The van der Waals surface area contributed by atoms with Gasteiger partial charge in [0.1, 0.15) is 17.9 Å². The summed E-state index contributed by atoms with van der Waals surface area (Å²) in [4.78, 5) is 24.9. The maximum absolute atomic E-state index is 12.5. The Labute approximate surface area is 138 Å². The molecule has 0 rings (SSSR count). The van der Waals surface area contributed by atoms with Gasteiger partial charge in [0.25, 0.3) is 0 Å². The van der Waals surface area contributed by atoms with Crippen LogP contribution in [0.2, 0.25) is 0 Å². The standard InChI is InChI=1S/C14H29N2O6P/c1-8-20-23(19,21-9-2)11(3)15-12(17)10-16(7)13(18)22-14(4,5)6/h11H,8-10H2,1-7H3,(H,15,17). The fourth-order valence-corrected chi connectivity index (χ4v) is 3.14. The van der Waals surface area contributed by atoms with Gasteiger partial charge in [-0.1, -0.05) is 0 Å². The number of rotatable bonds is 8. The second-order valence-corrected chi connectivity index (χ2v) is 8.33. The van der Waals surface area contributed by atoms with Crippen molar-refractivity contribution in [3.05, 3.63) is 0 Å². The van der Waals surface area contributed by atoms with Crippen LogP contribution in [0, 0.1) is 0 Å². The van der Waals surface area contributed by atoms with E-state index < -0.39 is 31.0 Å². The summed E-state index contributed by atoms with van der Waals surface area (Å²) in [6.07, 6.45) is -0.613. The van der Waals surface area contributed by atoms with Gasteiger partial charge < -0.3 is 24.0 Å². The maximum Gasteiger partial charge on any atom is 0.410 e. The van der Waals surface area contributed by atoms with E-state index in [1.807, 2.05) is 0 Å². The van der Waals surface area contributed by atoms with Crippen molar-refractivity contribution < 1.29 is 27.9 Å². The molecule has 0 aliphatic heterocycles. The topological polar surface area (TPSA) is 94.2 Å². The van der Waals surface area contributed by atoms with Gasteiger partial charge in [0.05, 0.1) is 13.2 Å². The minimum Gasteiger partial charge on any atom is -0.444 e. The maximum atomic E-state index is 12.5. The molecule has 2 amide bonds. The molecule has 0 spiro atoms. The summed E-state index contributed by atoms with van der Waals surface area (Å²) in [5.41, 5.74) is -0.644. The molecule has 1 atom stereocenters. The number of nitrogens with one attached hydrogen (secondary N) is 1. The van der Waals surface area contributed by atoms with E-state index in [-0.39, 0.29) is 19.8 Å². The minimum atomic E-state index is -3.43. The van der Waals surface area contributed by atoms with Gasteiger partial charge in [-0.15, -0.1) is 0 Å². The molecule has 0 aromatic heterocycles. The molecule has 0 aromatic carbocycles. The third-order valence-corrected chi connectivity index (χ3v) is 4.86. The van der Waals surface area contributed by atoms with Gasteiger partial charge in [-0.3, -0.25) is 9.36 Å². The molecule has 9 heteroatoms. The van der Waals surface area contributed by atoms with Crippen LogP contribution in [0.15, 0.2) is 0 Å². The monoisotopic (exact) mass is 352 g/mol. The molecular weight excluding hydrogens is 323 g/mol. The van der Waals surface area contributed by atoms with E-state index in [9.17, 15) is 14.2 Å². The quantitative estimate of drug-likeness (QED) is 0.675. The van der Waals surface area contributed by atoms with Crippen molar-refractivity contribution in [3.8, 4) is 0 Å². The summed E-state index contributed by atoms with van der Waals surface area (Å²) < 4.78 is 28.0. The van der Waals surface area contributed by atoms with E-state index in [0.717, 1.165) is 4.90 Å². The predicted octanol–water partition coefficient (Wildman–Crippen LogP) is 2.58. The van der Waals surface area contributed by atoms with E-state index in [0.29, 0.717) is 0 Å². The van der Waals surface area contributed by atoms with Crippen LogP contribution in [0.25, 0.3) is 0 Å². The van der Waals surface area contributed by atoms with Gasteiger partial charge in [-0.05, 0) is 41.5 Å². The Morgan fingerprint density at radius 2 is 1.65 bits per heavy atom. The Morgan fingerprint density at radius 3 is 2.04 bits per heavy atom. The van der Waals surface area contributed by atoms with Crippen LogP contribution in [0.4, 0.5) is 4.79 Å². The summed E-state index contributed by atoms with van der Waals surface area (Å²) in [6, 6.07) is 0. The molecule has 0 saturated heterocycles. The summed E-state index contributed by atoms with van der Waals surface area (Å²) in [5.74, 6) is -1.30. The highest BCUT2D eigenvalue weighted by atomic mass is 31.2. The normalized spacial score (nSPS) is 13.3. The van der Waals surface area contributed by atoms with E-state index in [4.69, 9.17) is 13.8 Å². The lowest BCUT2D eigenvalue weighted by molar-refractivity contribution is -0.122. The first-order valence-electron chi connectivity index (χ1n) is 7.57. The predicted molar refractivity (Wildman–Crippen MR) is 87.3 cm³/mol. The van der Waals surface area contributed by atoms with Crippen molar-refractivity contribution in [1.29, 1.82) is 0 Å². The molecular formula is C14H29N2O6P. The number of carbonyl (C=O) groups excluding carboxylic acids is 2. The van der Waals surface area contributed by atoms with Crippen LogP contribution >= 0.6 is 7.60 Å². The highest BCUT2D eigenvalue weighted by Crippen LogP contribution is 2.51. The van der Waals surface area contributed by atoms with Gasteiger partial charge in [0, 0.05) is 7.05 Å². The van der Waals surface area contributed by atoms with Crippen LogP contribution < -0.4 is 5.32 Å². The van der Waals surface area contributed by atoms with Crippen LogP contribution in [-0.4, -0.2) is 55.1 Å². The molecule has 0 saturated carbocycles. The SMILES string of the molecule is CCOP(=O)(OCC)C(C)NC(=O)CN(C)C(=O)OC(C)(C)C. The lowest BCUT2D eigenvalue weighted by atomic mass is 10.2. The largest absolute Gasteiger partial charge is 0.444 e. The minimum absolute atomic E-state index is 0.204.